The molecule has 0 aromatic heterocycles. The molecule has 0 radical (unpaired) electrons. The van der Waals surface area contributed by atoms with E-state index >= 15 is 0 Å². The summed E-state index contributed by atoms with van der Waals surface area (Å²) in [5, 5.41) is 9.02. The first-order valence-electron chi connectivity index (χ1n) is 6.93. The predicted molar refractivity (Wildman–Crippen MR) is 69.8 cm³/mol. The average molecular weight is 249 g/mol. The molecule has 0 aromatic carbocycles. The summed E-state index contributed by atoms with van der Waals surface area (Å²) >= 11 is 0. The maximum absolute atomic E-state index is 12.1. The van der Waals surface area contributed by atoms with Gasteiger partial charge in [-0.1, -0.05) is 0 Å². The van der Waals surface area contributed by atoms with Crippen LogP contribution in [0.25, 0.3) is 0 Å². The van der Waals surface area contributed by atoms with Gasteiger partial charge in [-0.15, -0.1) is 0 Å². The van der Waals surface area contributed by atoms with E-state index in [-0.39, 0.29) is 5.91 Å². The molecule has 0 atom stereocenters. The number of piperidine rings is 1. The standard InChI is InChI=1S/C14H23N3O/c1-16-8-3-12(4-9-16)5-10-17(2)13(18)14(11-15)6-7-14/h12H,3-10H2,1-2H3. The van der Waals surface area contributed by atoms with E-state index in [1.807, 2.05) is 7.05 Å². The molecule has 4 nitrogen and oxygen atoms in total. The minimum absolute atomic E-state index is 0.0397. The van der Waals surface area contributed by atoms with Crippen LogP contribution < -0.4 is 0 Å². The van der Waals surface area contributed by atoms with Gasteiger partial charge in [0.2, 0.25) is 5.91 Å². The van der Waals surface area contributed by atoms with Gasteiger partial charge in [-0.05, 0) is 58.2 Å². The van der Waals surface area contributed by atoms with Crippen molar-refractivity contribution in [3.05, 3.63) is 0 Å². The Morgan fingerprint density at radius 3 is 2.56 bits per heavy atom. The average Bonchev–Trinajstić information content (AvgIpc) is 3.18. The van der Waals surface area contributed by atoms with Crippen LogP contribution in [0.1, 0.15) is 32.1 Å². The molecule has 0 aromatic rings. The highest BCUT2D eigenvalue weighted by Crippen LogP contribution is 2.46. The SMILES string of the molecule is CN1CCC(CCN(C)C(=O)C2(C#N)CC2)CC1. The summed E-state index contributed by atoms with van der Waals surface area (Å²) in [5.41, 5.74) is -0.651. The molecule has 2 fully saturated rings. The molecule has 4 heteroatoms. The molecule has 1 saturated carbocycles. The lowest BCUT2D eigenvalue weighted by Gasteiger charge is -2.30. The molecule has 0 bridgehead atoms. The van der Waals surface area contributed by atoms with Crippen LogP contribution in [0.5, 0.6) is 0 Å². The highest BCUT2D eigenvalue weighted by molar-refractivity contribution is 5.88. The number of rotatable bonds is 4. The van der Waals surface area contributed by atoms with Crippen LogP contribution >= 0.6 is 0 Å². The molecule has 2 rings (SSSR count). The first kappa shape index (κ1) is 13.4. The normalized spacial score (nSPS) is 23.4. The molecule has 1 aliphatic heterocycles. The third-order valence-electron chi connectivity index (χ3n) is 4.43. The Bertz CT molecular complexity index is 349. The number of amides is 1. The quantitative estimate of drug-likeness (QED) is 0.758. The van der Waals surface area contributed by atoms with E-state index in [9.17, 15) is 4.79 Å². The Morgan fingerprint density at radius 1 is 1.44 bits per heavy atom. The maximum Gasteiger partial charge on any atom is 0.242 e. The van der Waals surface area contributed by atoms with Crippen molar-refractivity contribution < 1.29 is 4.79 Å². The van der Waals surface area contributed by atoms with Crippen molar-refractivity contribution >= 4 is 5.91 Å². The molecule has 0 N–H and O–H groups in total. The molecule has 1 saturated heterocycles. The van der Waals surface area contributed by atoms with Crippen molar-refractivity contribution in [1.29, 1.82) is 5.26 Å². The number of nitriles is 1. The lowest BCUT2D eigenvalue weighted by molar-refractivity contribution is -0.133. The lowest BCUT2D eigenvalue weighted by Crippen LogP contribution is -2.36. The summed E-state index contributed by atoms with van der Waals surface area (Å²) < 4.78 is 0. The largest absolute Gasteiger partial charge is 0.344 e. The van der Waals surface area contributed by atoms with Crippen molar-refractivity contribution in [2.75, 3.05) is 33.7 Å². The number of nitrogens with zero attached hydrogens (tertiary/aromatic N) is 3. The van der Waals surface area contributed by atoms with E-state index < -0.39 is 5.41 Å². The van der Waals surface area contributed by atoms with E-state index in [2.05, 4.69) is 18.0 Å². The fraction of sp³-hybridized carbons (Fsp3) is 0.857. The highest BCUT2D eigenvalue weighted by atomic mass is 16.2. The van der Waals surface area contributed by atoms with Crippen LogP contribution in [-0.2, 0) is 4.79 Å². The molecule has 1 amide bonds. The summed E-state index contributed by atoms with van der Waals surface area (Å²) in [4.78, 5) is 16.2. The minimum atomic E-state index is -0.651. The molecule has 18 heavy (non-hydrogen) atoms. The van der Waals surface area contributed by atoms with Crippen LogP contribution in [0.2, 0.25) is 0 Å². The van der Waals surface area contributed by atoms with Crippen LogP contribution in [-0.4, -0.2) is 49.4 Å². The Morgan fingerprint density at radius 2 is 2.06 bits per heavy atom. The zero-order valence-corrected chi connectivity index (χ0v) is 11.5. The van der Waals surface area contributed by atoms with Crippen LogP contribution in [0.15, 0.2) is 0 Å². The number of carbonyl (C=O) groups is 1. The second-order valence-electron chi connectivity index (χ2n) is 5.96. The van der Waals surface area contributed by atoms with Gasteiger partial charge in [0.15, 0.2) is 0 Å². The van der Waals surface area contributed by atoms with Gasteiger partial charge in [0, 0.05) is 13.6 Å². The zero-order chi connectivity index (χ0) is 13.2. The third-order valence-corrected chi connectivity index (χ3v) is 4.43. The lowest BCUT2D eigenvalue weighted by atomic mass is 9.93. The Kier molecular flexibility index (Phi) is 3.91. The van der Waals surface area contributed by atoms with Gasteiger partial charge in [-0.25, -0.2) is 0 Å². The van der Waals surface area contributed by atoms with Crippen molar-refractivity contribution in [2.24, 2.45) is 11.3 Å². The molecule has 100 valence electrons. The Hall–Kier alpha value is -1.08. The fourth-order valence-electron chi connectivity index (χ4n) is 2.69. The highest BCUT2D eigenvalue weighted by Gasteiger charge is 2.51. The fourth-order valence-corrected chi connectivity index (χ4v) is 2.69. The second-order valence-corrected chi connectivity index (χ2v) is 5.96. The number of carbonyl (C=O) groups excluding carboxylic acids is 1. The van der Waals surface area contributed by atoms with E-state index in [1.165, 1.54) is 25.9 Å². The molecule has 1 heterocycles. The first-order valence-corrected chi connectivity index (χ1v) is 6.93. The van der Waals surface area contributed by atoms with Gasteiger partial charge in [-0.3, -0.25) is 4.79 Å². The number of hydrogen-bond acceptors (Lipinski definition) is 3. The van der Waals surface area contributed by atoms with Crippen molar-refractivity contribution in [3.8, 4) is 6.07 Å². The molecule has 1 aliphatic carbocycles. The molecule has 0 unspecified atom stereocenters. The minimum Gasteiger partial charge on any atom is -0.344 e. The Balaban J connectivity index is 1.73. The van der Waals surface area contributed by atoms with Gasteiger partial charge >= 0.3 is 0 Å². The van der Waals surface area contributed by atoms with Crippen LogP contribution in [0, 0.1) is 22.7 Å². The molecular formula is C14H23N3O. The van der Waals surface area contributed by atoms with E-state index in [0.717, 1.165) is 31.7 Å². The number of likely N-dealkylation sites (tertiary alicyclic amines) is 1. The topological polar surface area (TPSA) is 47.3 Å². The van der Waals surface area contributed by atoms with Gasteiger partial charge < -0.3 is 9.80 Å². The summed E-state index contributed by atoms with van der Waals surface area (Å²) in [7, 11) is 4.00. The predicted octanol–water partition coefficient (Wildman–Crippen LogP) is 1.48. The van der Waals surface area contributed by atoms with Crippen molar-refractivity contribution in [1.82, 2.24) is 9.80 Å². The van der Waals surface area contributed by atoms with Gasteiger partial charge in [0.25, 0.3) is 0 Å². The van der Waals surface area contributed by atoms with Gasteiger partial charge in [0.05, 0.1) is 6.07 Å². The van der Waals surface area contributed by atoms with E-state index in [4.69, 9.17) is 5.26 Å². The smallest absolute Gasteiger partial charge is 0.242 e. The van der Waals surface area contributed by atoms with E-state index in [0.29, 0.717) is 0 Å². The summed E-state index contributed by atoms with van der Waals surface area (Å²) in [6.07, 6.45) is 5.06. The second kappa shape index (κ2) is 5.27. The van der Waals surface area contributed by atoms with E-state index in [1.54, 1.807) is 4.90 Å². The van der Waals surface area contributed by atoms with Crippen molar-refractivity contribution in [2.45, 2.75) is 32.1 Å². The van der Waals surface area contributed by atoms with Crippen molar-refractivity contribution in [3.63, 3.8) is 0 Å². The summed E-state index contributed by atoms with van der Waals surface area (Å²) in [5.74, 6) is 0.784. The third kappa shape index (κ3) is 2.84. The molecule has 2 aliphatic rings. The van der Waals surface area contributed by atoms with Crippen LogP contribution in [0.4, 0.5) is 0 Å². The van der Waals surface area contributed by atoms with Crippen LogP contribution in [0.3, 0.4) is 0 Å². The first-order chi connectivity index (χ1) is 8.57. The Labute approximate surface area is 110 Å². The summed E-state index contributed by atoms with van der Waals surface area (Å²) in [6.45, 7) is 3.14. The van der Waals surface area contributed by atoms with Gasteiger partial charge in [-0.2, -0.15) is 5.26 Å². The molecule has 0 spiro atoms. The molecular weight excluding hydrogens is 226 g/mol. The zero-order valence-electron chi connectivity index (χ0n) is 11.5. The monoisotopic (exact) mass is 249 g/mol. The maximum atomic E-state index is 12.1. The van der Waals surface area contributed by atoms with Gasteiger partial charge in [0.1, 0.15) is 5.41 Å². The number of hydrogen-bond donors (Lipinski definition) is 0. The summed E-state index contributed by atoms with van der Waals surface area (Å²) in [6, 6.07) is 2.18.